The van der Waals surface area contributed by atoms with Crippen LogP contribution in [0.5, 0.6) is 11.5 Å². The summed E-state index contributed by atoms with van der Waals surface area (Å²) in [5.41, 5.74) is 0.902. The summed E-state index contributed by atoms with van der Waals surface area (Å²) in [6.07, 6.45) is 3.29. The number of carbonyl (C=O) groups is 1. The molecule has 0 bridgehead atoms. The Balaban J connectivity index is 1.41. The molecule has 0 aliphatic carbocycles. The normalized spacial score (nSPS) is 12.5. The maximum atomic E-state index is 11.8. The fourth-order valence-electron chi connectivity index (χ4n) is 2.12. The highest BCUT2D eigenvalue weighted by Gasteiger charge is 2.12. The molecule has 0 atom stereocenters. The van der Waals surface area contributed by atoms with Crippen molar-refractivity contribution in [2.75, 3.05) is 19.1 Å². The summed E-state index contributed by atoms with van der Waals surface area (Å²) < 4.78 is 11.6. The first-order valence-electron chi connectivity index (χ1n) is 7.45. The molecule has 1 heterocycles. The van der Waals surface area contributed by atoms with E-state index in [2.05, 4.69) is 33.4 Å². The van der Waals surface area contributed by atoms with Crippen LogP contribution in [0.25, 0.3) is 6.08 Å². The molecule has 1 aliphatic heterocycles. The number of thioether (sulfide) groups is 1. The van der Waals surface area contributed by atoms with Gasteiger partial charge in [-0.05, 0) is 48.0 Å². The van der Waals surface area contributed by atoms with Crippen LogP contribution in [0.4, 0.5) is 0 Å². The van der Waals surface area contributed by atoms with Gasteiger partial charge in [0, 0.05) is 27.7 Å². The molecule has 0 unspecified atom stereocenters. The molecule has 2 aromatic carbocycles. The average molecular weight is 406 g/mol. The van der Waals surface area contributed by atoms with Crippen LogP contribution in [-0.4, -0.2) is 25.0 Å². The van der Waals surface area contributed by atoms with Gasteiger partial charge < -0.3 is 14.8 Å². The molecule has 2 aromatic rings. The molecule has 24 heavy (non-hydrogen) atoms. The fraction of sp³-hybridized carbons (Fsp3) is 0.167. The zero-order chi connectivity index (χ0) is 16.8. The van der Waals surface area contributed by atoms with E-state index < -0.39 is 0 Å². The summed E-state index contributed by atoms with van der Waals surface area (Å²) in [6, 6.07) is 13.7. The number of benzene rings is 2. The Bertz CT molecular complexity index is 746. The molecule has 0 saturated heterocycles. The van der Waals surface area contributed by atoms with E-state index in [0.717, 1.165) is 21.5 Å². The Morgan fingerprint density at radius 1 is 1.17 bits per heavy atom. The lowest BCUT2D eigenvalue weighted by Crippen LogP contribution is -2.23. The third kappa shape index (κ3) is 4.79. The number of hydrogen-bond donors (Lipinski definition) is 1. The second kappa shape index (κ2) is 8.26. The van der Waals surface area contributed by atoms with Crippen molar-refractivity contribution in [1.82, 2.24) is 5.32 Å². The van der Waals surface area contributed by atoms with Crippen molar-refractivity contribution >= 4 is 39.7 Å². The van der Waals surface area contributed by atoms with Gasteiger partial charge >= 0.3 is 0 Å². The van der Waals surface area contributed by atoms with Crippen LogP contribution < -0.4 is 14.8 Å². The van der Waals surface area contributed by atoms with E-state index in [1.165, 1.54) is 11.0 Å². The highest BCUT2D eigenvalue weighted by atomic mass is 79.9. The zero-order valence-corrected chi connectivity index (χ0v) is 15.2. The Morgan fingerprint density at radius 2 is 1.96 bits per heavy atom. The lowest BCUT2D eigenvalue weighted by atomic mass is 10.2. The van der Waals surface area contributed by atoms with Gasteiger partial charge in [0.25, 0.3) is 0 Å². The second-order valence-electron chi connectivity index (χ2n) is 5.04. The number of carbonyl (C=O) groups excluding carboxylic acids is 1. The van der Waals surface area contributed by atoms with E-state index >= 15 is 0 Å². The van der Waals surface area contributed by atoms with Crippen LogP contribution in [0.2, 0.25) is 0 Å². The number of amides is 1. The average Bonchev–Trinajstić information content (AvgIpc) is 3.06. The lowest BCUT2D eigenvalue weighted by Gasteiger charge is -2.03. The lowest BCUT2D eigenvalue weighted by molar-refractivity contribution is -0.116. The molecule has 0 fully saturated rings. The van der Waals surface area contributed by atoms with E-state index in [1.54, 1.807) is 17.8 Å². The maximum Gasteiger partial charge on any atom is 0.244 e. The van der Waals surface area contributed by atoms with E-state index in [1.807, 2.05) is 30.3 Å². The molecule has 3 rings (SSSR count). The number of halogens is 1. The number of ether oxygens (including phenoxy) is 2. The summed E-state index contributed by atoms with van der Waals surface area (Å²) in [5, 5.41) is 2.88. The summed E-state index contributed by atoms with van der Waals surface area (Å²) in [7, 11) is 0. The standard InChI is InChI=1S/C18H16BrNO3S/c19-14-3-5-15(6-4-14)24-10-9-20-18(21)8-2-13-1-7-16-17(11-13)23-12-22-16/h1-8,11H,9-10,12H2,(H,20,21). The summed E-state index contributed by atoms with van der Waals surface area (Å²) in [4.78, 5) is 13.0. The van der Waals surface area contributed by atoms with E-state index in [4.69, 9.17) is 9.47 Å². The number of hydrogen-bond acceptors (Lipinski definition) is 4. The maximum absolute atomic E-state index is 11.8. The van der Waals surface area contributed by atoms with Gasteiger partial charge in [0.2, 0.25) is 12.7 Å². The topological polar surface area (TPSA) is 47.6 Å². The van der Waals surface area contributed by atoms with Gasteiger partial charge in [-0.1, -0.05) is 22.0 Å². The molecule has 1 amide bonds. The SMILES string of the molecule is O=C(C=Cc1ccc2c(c1)OCO2)NCCSc1ccc(Br)cc1. The largest absolute Gasteiger partial charge is 0.454 e. The van der Waals surface area contributed by atoms with Crippen molar-refractivity contribution in [2.24, 2.45) is 0 Å². The molecule has 0 spiro atoms. The highest BCUT2D eigenvalue weighted by molar-refractivity contribution is 9.10. The highest BCUT2D eigenvalue weighted by Crippen LogP contribution is 2.32. The molecular weight excluding hydrogens is 390 g/mol. The Morgan fingerprint density at radius 3 is 2.79 bits per heavy atom. The van der Waals surface area contributed by atoms with Crippen LogP contribution in [0.15, 0.2) is 57.9 Å². The van der Waals surface area contributed by atoms with E-state index in [0.29, 0.717) is 12.3 Å². The van der Waals surface area contributed by atoms with E-state index in [-0.39, 0.29) is 12.7 Å². The number of nitrogens with one attached hydrogen (secondary N) is 1. The third-order valence-electron chi connectivity index (χ3n) is 3.31. The van der Waals surface area contributed by atoms with Gasteiger partial charge in [-0.15, -0.1) is 11.8 Å². The van der Waals surface area contributed by atoms with Gasteiger partial charge in [0.15, 0.2) is 11.5 Å². The number of fused-ring (bicyclic) bond motifs is 1. The molecule has 6 heteroatoms. The van der Waals surface area contributed by atoms with Crippen molar-refractivity contribution in [3.8, 4) is 11.5 Å². The predicted octanol–water partition coefficient (Wildman–Crippen LogP) is 4.10. The minimum absolute atomic E-state index is 0.107. The van der Waals surface area contributed by atoms with Crippen LogP contribution >= 0.6 is 27.7 Å². The molecule has 0 radical (unpaired) electrons. The van der Waals surface area contributed by atoms with Crippen LogP contribution in [0.3, 0.4) is 0 Å². The fourth-order valence-corrected chi connectivity index (χ4v) is 3.15. The predicted molar refractivity (Wildman–Crippen MR) is 99.5 cm³/mol. The molecule has 1 aliphatic rings. The molecule has 4 nitrogen and oxygen atoms in total. The van der Waals surface area contributed by atoms with E-state index in [9.17, 15) is 4.79 Å². The molecule has 0 aromatic heterocycles. The minimum Gasteiger partial charge on any atom is -0.454 e. The molecule has 1 N–H and O–H groups in total. The van der Waals surface area contributed by atoms with Crippen molar-refractivity contribution in [2.45, 2.75) is 4.90 Å². The van der Waals surface area contributed by atoms with Crippen molar-refractivity contribution in [3.05, 3.63) is 58.6 Å². The van der Waals surface area contributed by atoms with Crippen LogP contribution in [-0.2, 0) is 4.79 Å². The smallest absolute Gasteiger partial charge is 0.244 e. The monoisotopic (exact) mass is 405 g/mol. The first-order valence-corrected chi connectivity index (χ1v) is 9.22. The van der Waals surface area contributed by atoms with Gasteiger partial charge in [0.1, 0.15) is 0 Å². The summed E-state index contributed by atoms with van der Waals surface area (Å²) in [5.74, 6) is 2.17. The van der Waals surface area contributed by atoms with Gasteiger partial charge in [-0.3, -0.25) is 4.79 Å². The minimum atomic E-state index is -0.107. The summed E-state index contributed by atoms with van der Waals surface area (Å²) in [6.45, 7) is 0.865. The van der Waals surface area contributed by atoms with Crippen molar-refractivity contribution in [1.29, 1.82) is 0 Å². The summed E-state index contributed by atoms with van der Waals surface area (Å²) >= 11 is 5.12. The van der Waals surface area contributed by atoms with Gasteiger partial charge in [0.05, 0.1) is 0 Å². The van der Waals surface area contributed by atoms with Crippen LogP contribution in [0, 0.1) is 0 Å². The Labute approximate surface area is 153 Å². The molecular formula is C18H16BrNO3S. The quantitative estimate of drug-likeness (QED) is 0.446. The number of rotatable bonds is 6. The first-order chi connectivity index (χ1) is 11.7. The third-order valence-corrected chi connectivity index (χ3v) is 4.85. The zero-order valence-electron chi connectivity index (χ0n) is 12.8. The molecule has 124 valence electrons. The first kappa shape index (κ1) is 16.9. The Hall–Kier alpha value is -1.92. The van der Waals surface area contributed by atoms with Crippen molar-refractivity contribution < 1.29 is 14.3 Å². The molecule has 0 saturated carbocycles. The van der Waals surface area contributed by atoms with Gasteiger partial charge in [-0.25, -0.2) is 0 Å². The van der Waals surface area contributed by atoms with Crippen molar-refractivity contribution in [3.63, 3.8) is 0 Å². The Kier molecular flexibility index (Phi) is 5.82. The second-order valence-corrected chi connectivity index (χ2v) is 7.12. The van der Waals surface area contributed by atoms with Gasteiger partial charge in [-0.2, -0.15) is 0 Å². The van der Waals surface area contributed by atoms with Crippen LogP contribution in [0.1, 0.15) is 5.56 Å².